The minimum atomic E-state index is -5.21. The summed E-state index contributed by atoms with van der Waals surface area (Å²) >= 11 is 0. The van der Waals surface area contributed by atoms with Crippen LogP contribution in [0.25, 0.3) is 32.7 Å². The third kappa shape index (κ3) is 11.6. The predicted octanol–water partition coefficient (Wildman–Crippen LogP) is 12.1. The highest BCUT2D eigenvalue weighted by Gasteiger charge is 2.25. The molecule has 24 nitrogen and oxygen atoms in total. The molecule has 0 saturated heterocycles. The van der Waals surface area contributed by atoms with E-state index in [1.54, 1.807) is 38.1 Å². The Morgan fingerprint density at radius 3 is 1.03 bits per heavy atom. The molecule has 8 aromatic rings. The van der Waals surface area contributed by atoms with E-state index in [-0.39, 0.29) is 44.9 Å². The van der Waals surface area contributed by atoms with Gasteiger partial charge >= 0.3 is 0 Å². The van der Waals surface area contributed by atoms with Crippen LogP contribution in [-0.2, 0) is 40.5 Å². The Morgan fingerprint density at radius 1 is 0.368 bits per heavy atom. The number of methoxy groups -OCH3 is 2. The Balaban J connectivity index is 1.15. The Kier molecular flexibility index (Phi) is 14.6. The number of benzene rings is 8. The molecule has 0 aromatic heterocycles. The van der Waals surface area contributed by atoms with Gasteiger partial charge in [-0.15, -0.1) is 20.5 Å². The SMILES string of the molecule is COc1cc(N=Nc2ccc(N=Nc3ccc(-c4ccc(N=Nc5ccc(N=Nc6cc(OC)c(N)cc6C)c6ccc(S(=O)(=O)O)cc56)cc4S(=O)(=O)O)c(S(=O)(=O)O)c3)c3cc(S(=O)(=O)O)ccc23)c(C)cc1N. The van der Waals surface area contributed by atoms with Crippen LogP contribution in [0.4, 0.5) is 56.9 Å². The van der Waals surface area contributed by atoms with Crippen molar-refractivity contribution in [2.24, 2.45) is 40.9 Å². The van der Waals surface area contributed by atoms with Crippen LogP contribution in [0.2, 0.25) is 0 Å². The maximum Gasteiger partial charge on any atom is 0.295 e. The molecular formula is C48H40N10O14S4. The van der Waals surface area contributed by atoms with Crippen molar-refractivity contribution in [1.29, 1.82) is 0 Å². The fourth-order valence-electron chi connectivity index (χ4n) is 7.69. The second-order valence-electron chi connectivity index (χ2n) is 16.4. The summed E-state index contributed by atoms with van der Waals surface area (Å²) in [6, 6.07) is 25.7. The minimum Gasteiger partial charge on any atom is -0.495 e. The van der Waals surface area contributed by atoms with Crippen LogP contribution >= 0.6 is 0 Å². The summed E-state index contributed by atoms with van der Waals surface area (Å²) in [6.07, 6.45) is 0. The molecule has 8 rings (SSSR count). The van der Waals surface area contributed by atoms with Crippen molar-refractivity contribution in [1.82, 2.24) is 0 Å². The molecule has 76 heavy (non-hydrogen) atoms. The lowest BCUT2D eigenvalue weighted by atomic mass is 10.0. The molecule has 0 amide bonds. The molecule has 0 spiro atoms. The number of hydrogen-bond donors (Lipinski definition) is 6. The standard InChI is InChI=1S/C48H40N10O14S4/c1-25-17-37(49)45(71-3)23-43(25)57-55-39-13-15-41(35-21-29(73(59,60)61)7-11-31(35)39)53-51-27-5-9-33(47(19-27)75(65,66)67)34-10-6-28(20-48(34)76(68,69)70)52-54-42-16-14-40(32-12-8-30(22-36(32)42)74(62,63)64)56-58-44-24-46(72-4)38(50)18-26(44)2/h5-24H,49-50H2,1-4H3,(H,59,60,61)(H,62,63,64)(H,65,66,67)(H,68,69,70). The average Bonchev–Trinajstić information content (AvgIpc) is 3.39. The first kappa shape index (κ1) is 53.8. The minimum absolute atomic E-state index is 0.000171. The fourth-order valence-corrected chi connectivity index (χ4v) is 10.2. The van der Waals surface area contributed by atoms with Crippen LogP contribution in [0.5, 0.6) is 11.5 Å². The third-order valence-electron chi connectivity index (χ3n) is 11.4. The molecule has 0 radical (unpaired) electrons. The summed E-state index contributed by atoms with van der Waals surface area (Å²) in [5.74, 6) is 0.705. The van der Waals surface area contributed by atoms with Crippen molar-refractivity contribution in [3.63, 3.8) is 0 Å². The van der Waals surface area contributed by atoms with Gasteiger partial charge in [-0.25, -0.2) is 0 Å². The number of nitrogen functional groups attached to an aromatic ring is 2. The van der Waals surface area contributed by atoms with Gasteiger partial charge < -0.3 is 20.9 Å². The summed E-state index contributed by atoms with van der Waals surface area (Å²) in [5.41, 5.74) is 14.1. The Hall–Kier alpha value is -8.48. The Bertz CT molecular complexity index is 4050. The highest BCUT2D eigenvalue weighted by Crippen LogP contribution is 2.42. The zero-order valence-corrected chi connectivity index (χ0v) is 43.0. The van der Waals surface area contributed by atoms with Gasteiger partial charge in [-0.2, -0.15) is 54.1 Å². The smallest absolute Gasteiger partial charge is 0.295 e. The Morgan fingerprint density at radius 2 is 0.697 bits per heavy atom. The van der Waals surface area contributed by atoms with E-state index in [1.165, 1.54) is 62.8 Å². The molecule has 0 fully saturated rings. The van der Waals surface area contributed by atoms with Gasteiger partial charge in [0.25, 0.3) is 40.5 Å². The molecule has 390 valence electrons. The Labute approximate surface area is 433 Å². The van der Waals surface area contributed by atoms with E-state index in [4.69, 9.17) is 20.9 Å². The fraction of sp³-hybridized carbons (Fsp3) is 0.0833. The molecule has 0 unspecified atom stereocenters. The summed E-state index contributed by atoms with van der Waals surface area (Å²) in [5, 5.41) is 34.7. The van der Waals surface area contributed by atoms with E-state index < -0.39 is 71.2 Å². The molecule has 0 atom stereocenters. The summed E-state index contributed by atoms with van der Waals surface area (Å²) in [4.78, 5) is -2.77. The highest BCUT2D eigenvalue weighted by molar-refractivity contribution is 7.86. The van der Waals surface area contributed by atoms with E-state index in [0.29, 0.717) is 56.1 Å². The molecule has 0 aliphatic rings. The van der Waals surface area contributed by atoms with E-state index in [1.807, 2.05) is 0 Å². The molecule has 8 aromatic carbocycles. The first-order chi connectivity index (χ1) is 35.7. The van der Waals surface area contributed by atoms with Gasteiger partial charge in [0.15, 0.2) is 0 Å². The van der Waals surface area contributed by atoms with Gasteiger partial charge in [-0.05, 0) is 110 Å². The maximum absolute atomic E-state index is 13.0. The van der Waals surface area contributed by atoms with Gasteiger partial charge in [0, 0.05) is 44.8 Å². The lowest BCUT2D eigenvalue weighted by Gasteiger charge is -2.12. The molecule has 8 N–H and O–H groups in total. The number of aryl methyl sites for hydroxylation is 2. The monoisotopic (exact) mass is 1110 g/mol. The normalized spacial score (nSPS) is 12.8. The van der Waals surface area contributed by atoms with Crippen LogP contribution in [0.15, 0.2) is 182 Å². The van der Waals surface area contributed by atoms with Crippen molar-refractivity contribution >= 4 is 119 Å². The van der Waals surface area contributed by atoms with E-state index in [9.17, 15) is 51.9 Å². The first-order valence-corrected chi connectivity index (χ1v) is 27.4. The van der Waals surface area contributed by atoms with Crippen molar-refractivity contribution < 1.29 is 61.4 Å². The molecule has 28 heteroatoms. The number of anilines is 2. The lowest BCUT2D eigenvalue weighted by Crippen LogP contribution is -2.05. The quantitative estimate of drug-likeness (QED) is 0.0315. The van der Waals surface area contributed by atoms with Crippen molar-refractivity contribution in [3.8, 4) is 22.6 Å². The summed E-state index contributed by atoms with van der Waals surface area (Å²) in [6.45, 7) is 3.50. The van der Waals surface area contributed by atoms with Crippen LogP contribution in [0, 0.1) is 13.8 Å². The van der Waals surface area contributed by atoms with Gasteiger partial charge in [0.2, 0.25) is 0 Å². The maximum atomic E-state index is 13.0. The summed E-state index contributed by atoms with van der Waals surface area (Å²) in [7, 11) is -17.0. The number of nitrogens with two attached hydrogens (primary N) is 2. The number of rotatable bonds is 15. The van der Waals surface area contributed by atoms with E-state index >= 15 is 0 Å². The van der Waals surface area contributed by atoms with Gasteiger partial charge in [0.05, 0.1) is 80.9 Å². The number of fused-ring (bicyclic) bond motifs is 2. The van der Waals surface area contributed by atoms with E-state index in [0.717, 1.165) is 48.5 Å². The topological polar surface area (TPSA) is 387 Å². The van der Waals surface area contributed by atoms with Gasteiger partial charge in [-0.1, -0.05) is 24.3 Å². The van der Waals surface area contributed by atoms with Gasteiger partial charge in [-0.3, -0.25) is 18.2 Å². The number of azo groups is 4. The molecule has 0 aliphatic heterocycles. The lowest BCUT2D eigenvalue weighted by molar-refractivity contribution is 0.417. The summed E-state index contributed by atoms with van der Waals surface area (Å²) < 4.78 is 152. The molecule has 0 bridgehead atoms. The zero-order valence-electron chi connectivity index (χ0n) is 39.8. The van der Waals surface area contributed by atoms with Crippen LogP contribution in [-0.4, -0.2) is 66.1 Å². The average molecular weight is 1110 g/mol. The molecule has 0 saturated carbocycles. The molecule has 0 heterocycles. The van der Waals surface area contributed by atoms with Crippen LogP contribution in [0.3, 0.4) is 0 Å². The van der Waals surface area contributed by atoms with Crippen molar-refractivity contribution in [2.45, 2.75) is 33.4 Å². The number of nitrogens with zero attached hydrogens (tertiary/aromatic N) is 8. The number of ether oxygens (including phenoxy) is 2. The number of hydrogen-bond acceptors (Lipinski definition) is 20. The second-order valence-corrected chi connectivity index (χ2v) is 22.1. The second kappa shape index (κ2) is 20.7. The van der Waals surface area contributed by atoms with Crippen molar-refractivity contribution in [2.75, 3.05) is 25.7 Å². The predicted molar refractivity (Wildman–Crippen MR) is 280 cm³/mol. The van der Waals surface area contributed by atoms with Crippen LogP contribution < -0.4 is 20.9 Å². The largest absolute Gasteiger partial charge is 0.495 e. The zero-order chi connectivity index (χ0) is 55.1. The third-order valence-corrected chi connectivity index (χ3v) is 14.9. The first-order valence-electron chi connectivity index (χ1n) is 21.6. The molecule has 0 aliphatic carbocycles. The molecular weight excluding hydrogens is 1070 g/mol. The van der Waals surface area contributed by atoms with Crippen LogP contribution in [0.1, 0.15) is 11.1 Å². The van der Waals surface area contributed by atoms with Crippen molar-refractivity contribution in [3.05, 3.63) is 132 Å². The van der Waals surface area contributed by atoms with Gasteiger partial charge in [0.1, 0.15) is 21.3 Å². The van der Waals surface area contributed by atoms with E-state index in [2.05, 4.69) is 40.9 Å². The highest BCUT2D eigenvalue weighted by atomic mass is 32.2.